The Morgan fingerprint density at radius 3 is 2.43 bits per heavy atom. The van der Waals surface area contributed by atoms with Crippen molar-refractivity contribution in [3.05, 3.63) is 47.9 Å². The van der Waals surface area contributed by atoms with Gasteiger partial charge < -0.3 is 5.32 Å². The largest absolute Gasteiger partial charge is 0.309 e. The fraction of sp³-hybridized carbons (Fsp3) is 0.455. The van der Waals surface area contributed by atoms with Gasteiger partial charge in [-0.3, -0.25) is 14.6 Å². The summed E-state index contributed by atoms with van der Waals surface area (Å²) in [6, 6.07) is 6.62. The number of sulfone groups is 1. The molecule has 0 aliphatic heterocycles. The second-order valence-electron chi connectivity index (χ2n) is 8.28. The van der Waals surface area contributed by atoms with E-state index in [-0.39, 0.29) is 22.9 Å². The number of carbonyl (C=O) groups excluding carboxylic acids is 2. The highest BCUT2D eigenvalue weighted by Gasteiger charge is 2.37. The molecule has 1 N–H and O–H groups in total. The molecule has 1 heterocycles. The first kappa shape index (κ1) is 20.7. The number of hydrogen-bond acceptors (Lipinski definition) is 6. The Kier molecular flexibility index (Phi) is 5.69. The Balaban J connectivity index is 1.56. The van der Waals surface area contributed by atoms with Gasteiger partial charge in [0.25, 0.3) is 0 Å². The summed E-state index contributed by atoms with van der Waals surface area (Å²) in [5.41, 5.74) is 1.49. The Labute approximate surface area is 176 Å². The van der Waals surface area contributed by atoms with Gasteiger partial charge in [0.2, 0.25) is 5.91 Å². The summed E-state index contributed by atoms with van der Waals surface area (Å²) in [5, 5.41) is 2.54. The molecule has 7 nitrogen and oxygen atoms in total. The first-order valence-electron chi connectivity index (χ1n) is 10.3. The molecule has 2 atom stereocenters. The van der Waals surface area contributed by atoms with Crippen LogP contribution in [0.1, 0.15) is 55.7 Å². The van der Waals surface area contributed by atoms with Crippen molar-refractivity contribution in [1.29, 1.82) is 0 Å². The zero-order valence-electron chi connectivity index (χ0n) is 16.9. The standard InChI is InChI=1S/C22H25N3O4S/c1-14-12-24-21(13-23-14)25-22(27)20(11-15-2-5-17(26)10-15)16-3-6-18(7-4-16)30(28,29)19-8-9-19/h3-4,6-7,12-13,15,19-20H,2,5,8-11H2,1H3,(H,24,25,27)/t15-,20+/m0/s1. The second-order valence-corrected chi connectivity index (χ2v) is 10.5. The minimum absolute atomic E-state index is 0.146. The van der Waals surface area contributed by atoms with Crippen LogP contribution < -0.4 is 5.32 Å². The topological polar surface area (TPSA) is 106 Å². The maximum Gasteiger partial charge on any atom is 0.233 e. The van der Waals surface area contributed by atoms with Crippen LogP contribution in [0.2, 0.25) is 0 Å². The molecule has 2 saturated carbocycles. The van der Waals surface area contributed by atoms with Gasteiger partial charge in [-0.25, -0.2) is 13.4 Å². The summed E-state index contributed by atoms with van der Waals surface area (Å²) in [6.45, 7) is 1.82. The highest BCUT2D eigenvalue weighted by molar-refractivity contribution is 7.92. The molecule has 8 heteroatoms. The fourth-order valence-electron chi connectivity index (χ4n) is 3.95. The minimum Gasteiger partial charge on any atom is -0.309 e. The molecule has 4 rings (SSSR count). The predicted octanol–water partition coefficient (Wildman–Crippen LogP) is 3.20. The lowest BCUT2D eigenvalue weighted by molar-refractivity contribution is -0.119. The number of Topliss-reactive ketones (excluding diaryl/α,β-unsaturated/α-hetero) is 1. The Morgan fingerprint density at radius 1 is 1.13 bits per heavy atom. The molecule has 30 heavy (non-hydrogen) atoms. The minimum atomic E-state index is -3.27. The summed E-state index contributed by atoms with van der Waals surface area (Å²) in [4.78, 5) is 33.4. The van der Waals surface area contributed by atoms with Crippen LogP contribution >= 0.6 is 0 Å². The van der Waals surface area contributed by atoms with Gasteiger partial charge in [-0.2, -0.15) is 0 Å². The Morgan fingerprint density at radius 2 is 1.87 bits per heavy atom. The molecule has 1 aromatic heterocycles. The molecule has 2 aliphatic rings. The van der Waals surface area contributed by atoms with Crippen LogP contribution in [0.4, 0.5) is 5.82 Å². The van der Waals surface area contributed by atoms with E-state index >= 15 is 0 Å². The average molecular weight is 428 g/mol. The first-order valence-corrected chi connectivity index (χ1v) is 11.8. The van der Waals surface area contributed by atoms with Gasteiger partial charge >= 0.3 is 0 Å². The van der Waals surface area contributed by atoms with Crippen molar-refractivity contribution in [3.8, 4) is 0 Å². The van der Waals surface area contributed by atoms with Crippen LogP contribution in [0.3, 0.4) is 0 Å². The molecule has 2 aliphatic carbocycles. The van der Waals surface area contributed by atoms with Crippen molar-refractivity contribution >= 4 is 27.3 Å². The number of benzene rings is 1. The number of rotatable bonds is 7. The molecule has 0 saturated heterocycles. The summed E-state index contributed by atoms with van der Waals surface area (Å²) in [5.74, 6) is 0.0136. The van der Waals surface area contributed by atoms with Crippen molar-refractivity contribution < 1.29 is 18.0 Å². The van der Waals surface area contributed by atoms with Gasteiger partial charge in [0.05, 0.1) is 34.2 Å². The lowest BCUT2D eigenvalue weighted by Crippen LogP contribution is -2.24. The number of hydrogen-bond donors (Lipinski definition) is 1. The number of carbonyl (C=O) groups is 2. The van der Waals surface area contributed by atoms with Gasteiger partial charge in [-0.15, -0.1) is 0 Å². The second kappa shape index (κ2) is 8.26. The molecule has 0 spiro atoms. The quantitative estimate of drug-likeness (QED) is 0.727. The van der Waals surface area contributed by atoms with E-state index in [1.165, 1.54) is 6.20 Å². The lowest BCUT2D eigenvalue weighted by atomic mass is 9.87. The van der Waals surface area contributed by atoms with E-state index < -0.39 is 15.8 Å². The van der Waals surface area contributed by atoms with Gasteiger partial charge in [0.15, 0.2) is 15.7 Å². The lowest BCUT2D eigenvalue weighted by Gasteiger charge is -2.20. The van der Waals surface area contributed by atoms with Crippen molar-refractivity contribution in [2.24, 2.45) is 5.92 Å². The number of nitrogens with zero attached hydrogens (tertiary/aromatic N) is 2. The van der Waals surface area contributed by atoms with Gasteiger partial charge in [0, 0.05) is 12.8 Å². The molecular formula is C22H25N3O4S. The number of amides is 1. The van der Waals surface area contributed by atoms with Crippen LogP contribution in [0.15, 0.2) is 41.6 Å². The van der Waals surface area contributed by atoms with Gasteiger partial charge in [0.1, 0.15) is 5.78 Å². The van der Waals surface area contributed by atoms with Crippen LogP contribution in [0.5, 0.6) is 0 Å². The monoisotopic (exact) mass is 427 g/mol. The van der Waals surface area contributed by atoms with Crippen molar-refractivity contribution in [3.63, 3.8) is 0 Å². The molecule has 1 amide bonds. The summed E-state index contributed by atoms with van der Waals surface area (Å²) >= 11 is 0. The molecule has 158 valence electrons. The van der Waals surface area contributed by atoms with Gasteiger partial charge in [-0.05, 0) is 56.2 Å². The van der Waals surface area contributed by atoms with Crippen LogP contribution in [-0.2, 0) is 19.4 Å². The van der Waals surface area contributed by atoms with Gasteiger partial charge in [-0.1, -0.05) is 12.1 Å². The third kappa shape index (κ3) is 4.59. The SMILES string of the molecule is Cc1cnc(NC(=O)[C@H](C[C@H]2CCC(=O)C2)c2ccc(S(=O)(=O)C3CC3)cc2)cn1. The van der Waals surface area contributed by atoms with E-state index in [0.29, 0.717) is 42.8 Å². The number of ketones is 1. The van der Waals surface area contributed by atoms with E-state index in [1.54, 1.807) is 30.5 Å². The average Bonchev–Trinajstić information content (AvgIpc) is 3.51. The highest BCUT2D eigenvalue weighted by Crippen LogP contribution is 2.36. The fourth-order valence-corrected chi connectivity index (χ4v) is 5.61. The first-order chi connectivity index (χ1) is 14.3. The zero-order chi connectivity index (χ0) is 21.3. The molecular weight excluding hydrogens is 402 g/mol. The highest BCUT2D eigenvalue weighted by atomic mass is 32.2. The molecule has 1 aromatic carbocycles. The summed E-state index contributed by atoms with van der Waals surface area (Å²) < 4.78 is 24.9. The summed E-state index contributed by atoms with van der Waals surface area (Å²) in [7, 11) is -3.27. The molecule has 0 radical (unpaired) electrons. The van der Waals surface area contributed by atoms with Crippen LogP contribution in [0, 0.1) is 12.8 Å². The smallest absolute Gasteiger partial charge is 0.233 e. The Bertz CT molecular complexity index is 1040. The zero-order valence-corrected chi connectivity index (χ0v) is 17.7. The van der Waals surface area contributed by atoms with E-state index in [9.17, 15) is 18.0 Å². The van der Waals surface area contributed by atoms with Crippen LogP contribution in [0.25, 0.3) is 0 Å². The van der Waals surface area contributed by atoms with Crippen molar-refractivity contribution in [2.45, 2.75) is 61.5 Å². The molecule has 2 fully saturated rings. The van der Waals surface area contributed by atoms with Crippen molar-refractivity contribution in [2.75, 3.05) is 5.32 Å². The maximum atomic E-state index is 13.1. The van der Waals surface area contributed by atoms with Crippen LogP contribution in [-0.4, -0.2) is 35.3 Å². The Hall–Kier alpha value is -2.61. The van der Waals surface area contributed by atoms with E-state index in [0.717, 1.165) is 17.7 Å². The third-order valence-corrected chi connectivity index (χ3v) is 8.12. The number of aromatic nitrogens is 2. The van der Waals surface area contributed by atoms with E-state index in [4.69, 9.17) is 0 Å². The molecule has 0 bridgehead atoms. The molecule has 2 aromatic rings. The maximum absolute atomic E-state index is 13.1. The van der Waals surface area contributed by atoms with E-state index in [2.05, 4.69) is 15.3 Å². The summed E-state index contributed by atoms with van der Waals surface area (Å²) in [6.07, 6.45) is 6.87. The van der Waals surface area contributed by atoms with E-state index in [1.807, 2.05) is 6.92 Å². The van der Waals surface area contributed by atoms with Crippen molar-refractivity contribution in [1.82, 2.24) is 9.97 Å². The third-order valence-electron chi connectivity index (χ3n) is 5.84. The number of anilines is 1. The normalized spacial score (nSPS) is 20.2. The number of nitrogens with one attached hydrogen (secondary N) is 1. The molecule has 0 unspecified atom stereocenters. The predicted molar refractivity (Wildman–Crippen MR) is 112 cm³/mol. The number of aryl methyl sites for hydroxylation is 1.